The summed E-state index contributed by atoms with van der Waals surface area (Å²) in [6.07, 6.45) is 0.400. The van der Waals surface area contributed by atoms with Crippen molar-refractivity contribution in [1.82, 2.24) is 4.98 Å². The first-order chi connectivity index (χ1) is 7.54. The lowest BCUT2D eigenvalue weighted by atomic mass is 8.97. The number of carbonyl (C=O) groups is 1. The molecule has 0 aliphatic rings. The van der Waals surface area contributed by atoms with Gasteiger partial charge in [-0.05, 0) is 6.42 Å². The lowest BCUT2D eigenvalue weighted by Crippen LogP contribution is -2.23. The quantitative estimate of drug-likeness (QED) is 0.518. The minimum absolute atomic E-state index is 0.360. The molecular weight excluding hydrogens is 216 g/mol. The standard InChI is InChI=1S/C7H9NO2S.B5/c1-3-6-8-5(4-11-6)7(9)10-2;1-4-5(2)3/h4H,3H2,1-2H3;. The van der Waals surface area contributed by atoms with Crippen molar-refractivity contribution in [2.45, 2.75) is 13.3 Å². The number of thiazole rings is 1. The molecule has 1 aromatic heterocycles. The molecule has 0 saturated carbocycles. The molecule has 75 valence electrons. The Morgan fingerprint density at radius 3 is 2.56 bits per heavy atom. The van der Waals surface area contributed by atoms with Crippen LogP contribution in [0.1, 0.15) is 22.4 Å². The van der Waals surface area contributed by atoms with Crippen molar-refractivity contribution >= 4 is 54.0 Å². The monoisotopic (exact) mass is 226 g/mol. The molecule has 0 N–H and O–H groups in total. The van der Waals surface area contributed by atoms with Gasteiger partial charge < -0.3 is 4.74 Å². The van der Waals surface area contributed by atoms with Crippen LogP contribution in [0.15, 0.2) is 5.38 Å². The topological polar surface area (TPSA) is 39.2 Å². The Morgan fingerprint density at radius 2 is 2.25 bits per heavy atom. The van der Waals surface area contributed by atoms with Gasteiger partial charge in [-0.2, -0.15) is 0 Å². The number of aryl methyl sites for hydroxylation is 1. The Hall–Kier alpha value is -0.575. The van der Waals surface area contributed by atoms with Crippen LogP contribution in [-0.4, -0.2) is 54.7 Å². The summed E-state index contributed by atoms with van der Waals surface area (Å²) < 4.78 is 4.50. The van der Waals surface area contributed by atoms with Crippen LogP contribution in [0, 0.1) is 0 Å². The largest absolute Gasteiger partial charge is 0.464 e. The fourth-order valence-electron chi connectivity index (χ4n) is 0.672. The van der Waals surface area contributed by atoms with Crippen LogP contribution in [0.4, 0.5) is 0 Å². The number of rotatable bonds is 3. The molecule has 0 saturated heterocycles. The third kappa shape index (κ3) is 6.10. The SMILES string of the molecule is CCc1nc(C(=O)OC)cs1.[B][B]B([B])[B]. The highest BCUT2D eigenvalue weighted by Crippen LogP contribution is 2.10. The maximum Gasteiger partial charge on any atom is 0.357 e. The molecule has 1 aromatic rings. The van der Waals surface area contributed by atoms with Crippen molar-refractivity contribution in [2.75, 3.05) is 7.11 Å². The van der Waals surface area contributed by atoms with Crippen molar-refractivity contribution in [3.63, 3.8) is 0 Å². The van der Waals surface area contributed by atoms with Gasteiger partial charge in [-0.3, -0.25) is 0 Å². The minimum Gasteiger partial charge on any atom is -0.464 e. The van der Waals surface area contributed by atoms with E-state index in [0.29, 0.717) is 5.69 Å². The summed E-state index contributed by atoms with van der Waals surface area (Å²) in [5, 5.41) is 2.68. The fourth-order valence-corrected chi connectivity index (χ4v) is 1.39. The Morgan fingerprint density at radius 1 is 1.69 bits per heavy atom. The number of carbonyl (C=O) groups excluding carboxylic acids is 1. The maximum absolute atomic E-state index is 10.9. The van der Waals surface area contributed by atoms with E-state index in [-0.39, 0.29) is 5.97 Å². The van der Waals surface area contributed by atoms with Crippen molar-refractivity contribution in [1.29, 1.82) is 0 Å². The third-order valence-electron chi connectivity index (χ3n) is 1.47. The summed E-state index contributed by atoms with van der Waals surface area (Å²) >= 11 is 1.48. The van der Waals surface area contributed by atoms with Crippen LogP contribution in [0.2, 0.25) is 0 Å². The predicted molar refractivity (Wildman–Crippen MR) is 71.6 cm³/mol. The summed E-state index contributed by atoms with van der Waals surface area (Å²) in [6, 6.07) is 0. The molecule has 0 spiro atoms. The van der Waals surface area contributed by atoms with Crippen molar-refractivity contribution in [3.05, 3.63) is 16.1 Å². The Balaban J connectivity index is 0.000000385. The number of esters is 1. The highest BCUT2D eigenvalue weighted by molar-refractivity contribution is 7.60. The van der Waals surface area contributed by atoms with E-state index in [4.69, 9.17) is 23.2 Å². The molecule has 0 unspecified atom stereocenters. The van der Waals surface area contributed by atoms with E-state index in [9.17, 15) is 4.79 Å². The zero-order valence-electron chi connectivity index (χ0n) is 9.34. The number of hydrogen-bond donors (Lipinski definition) is 0. The Labute approximate surface area is 105 Å². The highest BCUT2D eigenvalue weighted by Gasteiger charge is 2.08. The Kier molecular flexibility index (Phi) is 8.25. The summed E-state index contributed by atoms with van der Waals surface area (Å²) in [4.78, 5) is 14.9. The van der Waals surface area contributed by atoms with Gasteiger partial charge >= 0.3 is 5.97 Å². The lowest BCUT2D eigenvalue weighted by Gasteiger charge is -1.90. The smallest absolute Gasteiger partial charge is 0.357 e. The molecule has 16 heavy (non-hydrogen) atoms. The molecule has 0 fully saturated rings. The lowest BCUT2D eigenvalue weighted by molar-refractivity contribution is 0.0595. The van der Waals surface area contributed by atoms with Gasteiger partial charge in [-0.1, -0.05) is 6.92 Å². The molecule has 0 amide bonds. The highest BCUT2D eigenvalue weighted by atomic mass is 32.1. The van der Waals surface area contributed by atoms with E-state index in [2.05, 4.69) is 9.72 Å². The van der Waals surface area contributed by atoms with Crippen LogP contribution < -0.4 is 0 Å². The zero-order chi connectivity index (χ0) is 12.6. The maximum atomic E-state index is 10.9. The molecule has 0 aliphatic carbocycles. The Bertz CT molecular complexity index is 319. The van der Waals surface area contributed by atoms with Crippen molar-refractivity contribution in [3.8, 4) is 0 Å². The average Bonchev–Trinajstić information content (AvgIpc) is 2.77. The van der Waals surface area contributed by atoms with Gasteiger partial charge in [0, 0.05) is 42.0 Å². The van der Waals surface area contributed by atoms with E-state index in [0.717, 1.165) is 11.4 Å². The molecule has 1 rings (SSSR count). The van der Waals surface area contributed by atoms with Gasteiger partial charge in [0.2, 0.25) is 0 Å². The number of hydrogen-bond acceptors (Lipinski definition) is 4. The van der Waals surface area contributed by atoms with Gasteiger partial charge in [0.1, 0.15) is 0 Å². The number of ether oxygens (including phenoxy) is 1. The normalized spacial score (nSPS) is 8.62. The number of nitrogens with zero attached hydrogens (tertiary/aromatic N) is 1. The number of methoxy groups -OCH3 is 1. The first-order valence-corrected chi connectivity index (χ1v) is 5.52. The van der Waals surface area contributed by atoms with Gasteiger partial charge in [0.25, 0.3) is 0 Å². The molecule has 1 heterocycles. The molecular formula is C7H9B5NO2S. The molecule has 0 atom stereocenters. The van der Waals surface area contributed by atoms with Crippen LogP contribution >= 0.6 is 11.3 Å². The van der Waals surface area contributed by atoms with Crippen LogP contribution in [0.5, 0.6) is 0 Å². The second-order valence-electron chi connectivity index (χ2n) is 2.74. The van der Waals surface area contributed by atoms with Crippen LogP contribution in [-0.2, 0) is 11.2 Å². The average molecular weight is 225 g/mol. The third-order valence-corrected chi connectivity index (χ3v) is 2.46. The van der Waals surface area contributed by atoms with Gasteiger partial charge in [-0.25, -0.2) is 9.78 Å². The van der Waals surface area contributed by atoms with Crippen LogP contribution in [0.3, 0.4) is 0 Å². The van der Waals surface area contributed by atoms with Crippen molar-refractivity contribution < 1.29 is 9.53 Å². The molecule has 0 bridgehead atoms. The van der Waals surface area contributed by atoms with E-state index < -0.39 is 6.39 Å². The second-order valence-corrected chi connectivity index (χ2v) is 3.68. The van der Waals surface area contributed by atoms with Crippen LogP contribution in [0.25, 0.3) is 0 Å². The summed E-state index contributed by atoms with van der Waals surface area (Å²) in [7, 11) is 17.2. The number of aromatic nitrogens is 1. The molecule has 9 heteroatoms. The van der Waals surface area contributed by atoms with E-state index in [1.807, 2.05) is 6.92 Å². The first kappa shape index (κ1) is 15.4. The van der Waals surface area contributed by atoms with E-state index >= 15 is 0 Å². The van der Waals surface area contributed by atoms with E-state index in [1.165, 1.54) is 25.5 Å². The minimum atomic E-state index is -0.463. The van der Waals surface area contributed by atoms with Gasteiger partial charge in [-0.15, -0.1) is 11.3 Å². The molecule has 0 aromatic carbocycles. The fraction of sp³-hybridized carbons (Fsp3) is 0.429. The van der Waals surface area contributed by atoms with Gasteiger partial charge in [0.05, 0.1) is 12.1 Å². The molecule has 7 radical (unpaired) electrons. The molecule has 3 nitrogen and oxygen atoms in total. The molecule has 0 aliphatic heterocycles. The predicted octanol–water partition coefficient (Wildman–Crippen LogP) is -0.412. The first-order valence-electron chi connectivity index (χ1n) is 4.64. The summed E-state index contributed by atoms with van der Waals surface area (Å²) in [5.74, 6) is -0.360. The zero-order valence-corrected chi connectivity index (χ0v) is 10.2. The van der Waals surface area contributed by atoms with Crippen molar-refractivity contribution in [2.24, 2.45) is 0 Å². The van der Waals surface area contributed by atoms with Gasteiger partial charge in [0.15, 0.2) is 5.69 Å². The van der Waals surface area contributed by atoms with E-state index in [1.54, 1.807) is 5.38 Å². The summed E-state index contributed by atoms with van der Waals surface area (Å²) in [6.45, 7) is 2.00. The second kappa shape index (κ2) is 8.56. The summed E-state index contributed by atoms with van der Waals surface area (Å²) in [5.41, 5.74) is 0.411.